The van der Waals surface area contributed by atoms with E-state index in [9.17, 15) is 4.79 Å². The number of aliphatic hydroxyl groups excluding tert-OH is 1. The van der Waals surface area contributed by atoms with E-state index in [-0.39, 0.29) is 18.6 Å². The number of nitrogens with zero attached hydrogens (tertiary/aromatic N) is 1. The smallest absolute Gasteiger partial charge is 0.246 e. The van der Waals surface area contributed by atoms with Crippen LogP contribution < -0.4 is 0 Å². The highest BCUT2D eigenvalue weighted by molar-refractivity contribution is 6.35. The minimum Gasteiger partial charge on any atom is -0.395 e. The van der Waals surface area contributed by atoms with Crippen molar-refractivity contribution in [3.05, 3.63) is 39.9 Å². The number of aliphatic hydroxyl groups is 1. The van der Waals surface area contributed by atoms with Crippen molar-refractivity contribution in [3.63, 3.8) is 0 Å². The second kappa shape index (κ2) is 7.53. The van der Waals surface area contributed by atoms with Crippen molar-refractivity contribution < 1.29 is 9.90 Å². The van der Waals surface area contributed by atoms with Crippen LogP contribution in [0.2, 0.25) is 10.0 Å². The van der Waals surface area contributed by atoms with Crippen LogP contribution in [0.1, 0.15) is 19.4 Å². The summed E-state index contributed by atoms with van der Waals surface area (Å²) < 4.78 is 0. The Hall–Kier alpha value is -1.03. The lowest BCUT2D eigenvalue weighted by atomic mass is 10.2. The van der Waals surface area contributed by atoms with Crippen molar-refractivity contribution in [1.29, 1.82) is 0 Å². The maximum Gasteiger partial charge on any atom is 0.246 e. The lowest BCUT2D eigenvalue weighted by Gasteiger charge is -2.24. The summed E-state index contributed by atoms with van der Waals surface area (Å²) in [6.07, 6.45) is 3.10. The number of carbonyl (C=O) groups excluding carboxylic acids is 1. The molecule has 0 heterocycles. The van der Waals surface area contributed by atoms with Gasteiger partial charge in [0, 0.05) is 28.7 Å². The highest BCUT2D eigenvalue weighted by Crippen LogP contribution is 2.22. The zero-order valence-corrected chi connectivity index (χ0v) is 12.4. The van der Waals surface area contributed by atoms with Crippen LogP contribution in [0.4, 0.5) is 0 Å². The molecule has 0 radical (unpaired) electrons. The van der Waals surface area contributed by atoms with E-state index in [0.717, 1.165) is 5.56 Å². The van der Waals surface area contributed by atoms with Crippen molar-refractivity contribution in [2.45, 2.75) is 19.9 Å². The fourth-order valence-electron chi connectivity index (χ4n) is 1.62. The highest BCUT2D eigenvalue weighted by atomic mass is 35.5. The fourth-order valence-corrected chi connectivity index (χ4v) is 2.10. The van der Waals surface area contributed by atoms with E-state index in [1.807, 2.05) is 13.8 Å². The van der Waals surface area contributed by atoms with Crippen molar-refractivity contribution in [2.75, 3.05) is 13.2 Å². The third-order valence-electron chi connectivity index (χ3n) is 2.62. The first-order valence-electron chi connectivity index (χ1n) is 6.00. The maximum atomic E-state index is 12.0. The van der Waals surface area contributed by atoms with Gasteiger partial charge in [-0.25, -0.2) is 0 Å². The molecule has 0 fully saturated rings. The van der Waals surface area contributed by atoms with Crippen LogP contribution in [0.3, 0.4) is 0 Å². The van der Waals surface area contributed by atoms with Gasteiger partial charge in [-0.2, -0.15) is 0 Å². The van der Waals surface area contributed by atoms with Crippen molar-refractivity contribution in [2.24, 2.45) is 0 Å². The van der Waals surface area contributed by atoms with Gasteiger partial charge in [-0.05, 0) is 37.6 Å². The second-order valence-corrected chi connectivity index (χ2v) is 5.19. The molecule has 19 heavy (non-hydrogen) atoms. The molecule has 0 aromatic heterocycles. The number of carbonyl (C=O) groups is 1. The molecule has 0 aliphatic carbocycles. The Morgan fingerprint density at radius 3 is 2.63 bits per heavy atom. The number of rotatable bonds is 5. The number of benzene rings is 1. The molecule has 1 rings (SSSR count). The van der Waals surface area contributed by atoms with E-state index in [2.05, 4.69) is 0 Å². The summed E-state index contributed by atoms with van der Waals surface area (Å²) in [5.41, 5.74) is 0.729. The third-order valence-corrected chi connectivity index (χ3v) is 3.18. The molecule has 0 saturated carbocycles. The van der Waals surface area contributed by atoms with E-state index in [1.54, 1.807) is 29.2 Å². The van der Waals surface area contributed by atoms with Crippen LogP contribution in [0.15, 0.2) is 24.3 Å². The first-order valence-corrected chi connectivity index (χ1v) is 6.76. The fraction of sp³-hybridized carbons (Fsp3) is 0.357. The second-order valence-electron chi connectivity index (χ2n) is 4.35. The zero-order chi connectivity index (χ0) is 14.4. The van der Waals surface area contributed by atoms with E-state index in [1.165, 1.54) is 6.08 Å². The van der Waals surface area contributed by atoms with Crippen molar-refractivity contribution in [3.8, 4) is 0 Å². The van der Waals surface area contributed by atoms with Crippen LogP contribution in [0, 0.1) is 0 Å². The van der Waals surface area contributed by atoms with Gasteiger partial charge in [-0.1, -0.05) is 29.3 Å². The van der Waals surface area contributed by atoms with Gasteiger partial charge in [0.1, 0.15) is 0 Å². The lowest BCUT2D eigenvalue weighted by Crippen LogP contribution is -2.37. The maximum absolute atomic E-state index is 12.0. The van der Waals surface area contributed by atoms with Gasteiger partial charge in [0.05, 0.1) is 6.61 Å². The summed E-state index contributed by atoms with van der Waals surface area (Å²) in [5.74, 6) is -0.157. The highest BCUT2D eigenvalue weighted by Gasteiger charge is 2.13. The number of halogens is 2. The molecule has 104 valence electrons. The van der Waals surface area contributed by atoms with Gasteiger partial charge in [-0.15, -0.1) is 0 Å². The largest absolute Gasteiger partial charge is 0.395 e. The molecule has 5 heteroatoms. The van der Waals surface area contributed by atoms with Crippen molar-refractivity contribution >= 4 is 35.2 Å². The van der Waals surface area contributed by atoms with Crippen LogP contribution in [0.25, 0.3) is 6.08 Å². The third kappa shape index (κ3) is 4.86. The summed E-state index contributed by atoms with van der Waals surface area (Å²) in [5, 5.41) is 9.99. The summed E-state index contributed by atoms with van der Waals surface area (Å²) in [6, 6.07) is 5.12. The SMILES string of the molecule is CC(C)N(CCO)C(=O)/C=C/c1ccc(Cl)cc1Cl. The Bertz CT molecular complexity index is 473. The van der Waals surface area contributed by atoms with E-state index in [0.29, 0.717) is 16.6 Å². The van der Waals surface area contributed by atoms with Gasteiger partial charge in [0.15, 0.2) is 0 Å². The standard InChI is InChI=1S/C14H17Cl2NO2/c1-10(2)17(7-8-18)14(19)6-4-11-3-5-12(15)9-13(11)16/h3-6,9-10,18H,7-8H2,1-2H3/b6-4+. The zero-order valence-electron chi connectivity index (χ0n) is 10.9. The lowest BCUT2D eigenvalue weighted by molar-refractivity contribution is -0.128. The number of hydrogen-bond acceptors (Lipinski definition) is 2. The predicted molar refractivity (Wildman–Crippen MR) is 79.4 cm³/mol. The molecule has 0 atom stereocenters. The molecular formula is C14H17Cl2NO2. The van der Waals surface area contributed by atoms with Crippen LogP contribution in [0.5, 0.6) is 0 Å². The minimum absolute atomic E-state index is 0.0324. The summed E-state index contributed by atoms with van der Waals surface area (Å²) in [6.45, 7) is 4.06. The molecule has 0 spiro atoms. The average Bonchev–Trinajstić information content (AvgIpc) is 2.34. The van der Waals surface area contributed by atoms with Gasteiger partial charge >= 0.3 is 0 Å². The van der Waals surface area contributed by atoms with Crippen LogP contribution >= 0.6 is 23.2 Å². The molecule has 0 aliphatic heterocycles. The van der Waals surface area contributed by atoms with E-state index in [4.69, 9.17) is 28.3 Å². The number of hydrogen-bond donors (Lipinski definition) is 1. The van der Waals surface area contributed by atoms with Crippen LogP contribution in [-0.4, -0.2) is 35.1 Å². The monoisotopic (exact) mass is 301 g/mol. The molecule has 0 bridgehead atoms. The number of amides is 1. The Labute approximate surface area is 123 Å². The Kier molecular flexibility index (Phi) is 6.35. The molecular weight excluding hydrogens is 285 g/mol. The molecule has 0 saturated heterocycles. The molecule has 1 N–H and O–H groups in total. The molecule has 1 amide bonds. The van der Waals surface area contributed by atoms with Gasteiger partial charge in [0.25, 0.3) is 0 Å². The van der Waals surface area contributed by atoms with Gasteiger partial charge in [-0.3, -0.25) is 4.79 Å². The van der Waals surface area contributed by atoms with Crippen molar-refractivity contribution in [1.82, 2.24) is 4.90 Å². The Morgan fingerprint density at radius 1 is 1.42 bits per heavy atom. The minimum atomic E-state index is -0.157. The van der Waals surface area contributed by atoms with Crippen LogP contribution in [-0.2, 0) is 4.79 Å². The van der Waals surface area contributed by atoms with Gasteiger partial charge in [0.2, 0.25) is 5.91 Å². The average molecular weight is 302 g/mol. The van der Waals surface area contributed by atoms with E-state index >= 15 is 0 Å². The normalized spacial score (nSPS) is 11.3. The summed E-state index contributed by atoms with van der Waals surface area (Å²) in [7, 11) is 0. The molecule has 1 aromatic rings. The predicted octanol–water partition coefficient (Wildman–Crippen LogP) is 3.24. The molecule has 0 unspecified atom stereocenters. The summed E-state index contributed by atoms with van der Waals surface area (Å²) >= 11 is 11.8. The Morgan fingerprint density at radius 2 is 2.11 bits per heavy atom. The first-order chi connectivity index (χ1) is 8.95. The molecule has 1 aromatic carbocycles. The molecule has 3 nitrogen and oxygen atoms in total. The quantitative estimate of drug-likeness (QED) is 0.848. The Balaban J connectivity index is 2.82. The molecule has 0 aliphatic rings. The summed E-state index contributed by atoms with van der Waals surface area (Å²) in [4.78, 5) is 13.6. The topological polar surface area (TPSA) is 40.5 Å². The van der Waals surface area contributed by atoms with E-state index < -0.39 is 0 Å². The van der Waals surface area contributed by atoms with Gasteiger partial charge < -0.3 is 10.0 Å². The first kappa shape index (κ1) is 16.0.